The molecule has 3 nitrogen and oxygen atoms in total. The van der Waals surface area contributed by atoms with E-state index in [2.05, 4.69) is 18.8 Å². The van der Waals surface area contributed by atoms with Crippen LogP contribution in [0.5, 0.6) is 0 Å². The zero-order valence-corrected chi connectivity index (χ0v) is 12.8. The molecule has 1 fully saturated rings. The van der Waals surface area contributed by atoms with Crippen molar-refractivity contribution in [2.75, 3.05) is 19.6 Å². The number of amides is 1. The molecule has 1 unspecified atom stereocenters. The van der Waals surface area contributed by atoms with Crippen molar-refractivity contribution >= 4 is 17.2 Å². The summed E-state index contributed by atoms with van der Waals surface area (Å²) in [6.45, 7) is 4.36. The highest BCUT2D eigenvalue weighted by atomic mass is 32.1. The number of hydrogen-bond donors (Lipinski definition) is 1. The van der Waals surface area contributed by atoms with E-state index in [-0.39, 0.29) is 5.91 Å². The molecule has 1 aromatic rings. The first-order valence-electron chi connectivity index (χ1n) is 7.31. The monoisotopic (exact) mass is 290 g/mol. The van der Waals surface area contributed by atoms with E-state index in [0.29, 0.717) is 6.54 Å². The molecule has 2 heterocycles. The minimum atomic E-state index is 0.152. The fourth-order valence-electron chi connectivity index (χ4n) is 2.61. The Morgan fingerprint density at radius 1 is 1.50 bits per heavy atom. The van der Waals surface area contributed by atoms with Crippen LogP contribution in [-0.2, 0) is 0 Å². The van der Waals surface area contributed by atoms with E-state index in [1.807, 2.05) is 16.3 Å². The molecule has 2 rings (SSSR count). The molecule has 0 aliphatic carbocycles. The second-order valence-corrected chi connectivity index (χ2v) is 6.11. The van der Waals surface area contributed by atoms with Gasteiger partial charge in [0.25, 0.3) is 5.91 Å². The Morgan fingerprint density at radius 2 is 2.35 bits per heavy atom. The van der Waals surface area contributed by atoms with Crippen molar-refractivity contribution < 1.29 is 4.79 Å². The number of carbonyl (C=O) groups is 1. The third-order valence-electron chi connectivity index (χ3n) is 3.87. The lowest BCUT2D eigenvalue weighted by Crippen LogP contribution is -2.31. The van der Waals surface area contributed by atoms with Crippen LogP contribution in [0.15, 0.2) is 11.4 Å². The highest BCUT2D eigenvalue weighted by Crippen LogP contribution is 2.22. The molecule has 1 atom stereocenters. The summed E-state index contributed by atoms with van der Waals surface area (Å²) in [5, 5.41) is 1.91. The van der Waals surface area contributed by atoms with Gasteiger partial charge in [-0.1, -0.05) is 25.2 Å². The van der Waals surface area contributed by atoms with Gasteiger partial charge >= 0.3 is 0 Å². The topological polar surface area (TPSA) is 46.3 Å². The molecule has 0 radical (unpaired) electrons. The number of nitrogens with two attached hydrogens (primary N) is 1. The van der Waals surface area contributed by atoms with E-state index < -0.39 is 0 Å². The lowest BCUT2D eigenvalue weighted by atomic mass is 9.98. The van der Waals surface area contributed by atoms with Gasteiger partial charge < -0.3 is 10.6 Å². The van der Waals surface area contributed by atoms with Crippen molar-refractivity contribution in [3.63, 3.8) is 0 Å². The number of likely N-dealkylation sites (tertiary alicyclic amines) is 1. The highest BCUT2D eigenvalue weighted by molar-refractivity contribution is 7.10. The van der Waals surface area contributed by atoms with E-state index >= 15 is 0 Å². The molecule has 0 bridgehead atoms. The van der Waals surface area contributed by atoms with Crippen LogP contribution < -0.4 is 5.73 Å². The summed E-state index contributed by atoms with van der Waals surface area (Å²) in [6.07, 6.45) is 4.72. The van der Waals surface area contributed by atoms with Crippen LogP contribution in [0.1, 0.15) is 47.8 Å². The molecule has 1 amide bonds. The zero-order chi connectivity index (χ0) is 14.4. The zero-order valence-electron chi connectivity index (χ0n) is 12.0. The first-order chi connectivity index (χ1) is 9.74. The number of carbonyl (C=O) groups excluding carboxylic acids is 1. The molecule has 1 saturated heterocycles. The first kappa shape index (κ1) is 15.1. The summed E-state index contributed by atoms with van der Waals surface area (Å²) in [5.41, 5.74) is 6.13. The smallest absolute Gasteiger partial charge is 0.254 e. The average Bonchev–Trinajstić information content (AvgIpc) is 2.81. The fourth-order valence-corrected chi connectivity index (χ4v) is 3.36. The first-order valence-corrected chi connectivity index (χ1v) is 8.19. The number of nitrogens with zero attached hydrogens (tertiary/aromatic N) is 1. The molecule has 20 heavy (non-hydrogen) atoms. The van der Waals surface area contributed by atoms with Gasteiger partial charge in [-0.3, -0.25) is 4.79 Å². The van der Waals surface area contributed by atoms with Gasteiger partial charge in [0.05, 0.1) is 17.0 Å². The maximum atomic E-state index is 12.5. The lowest BCUT2D eigenvalue weighted by Gasteiger charge is -2.19. The number of rotatable bonds is 2. The quantitative estimate of drug-likeness (QED) is 0.851. The SMILES string of the molecule is CCC1CCCN(C(=O)c2csc(C#CCN)c2)CC1. The van der Waals surface area contributed by atoms with Crippen LogP contribution in [0.3, 0.4) is 0 Å². The minimum Gasteiger partial charge on any atom is -0.339 e. The lowest BCUT2D eigenvalue weighted by molar-refractivity contribution is 0.0760. The number of hydrogen-bond acceptors (Lipinski definition) is 3. The molecule has 1 aliphatic heterocycles. The molecule has 4 heteroatoms. The van der Waals surface area contributed by atoms with Crippen molar-refractivity contribution in [1.29, 1.82) is 0 Å². The fraction of sp³-hybridized carbons (Fsp3) is 0.562. The molecule has 1 aliphatic rings. The van der Waals surface area contributed by atoms with Crippen LogP contribution >= 0.6 is 11.3 Å². The molecular formula is C16H22N2OS. The average molecular weight is 290 g/mol. The van der Waals surface area contributed by atoms with Gasteiger partial charge in [0.1, 0.15) is 0 Å². The maximum absolute atomic E-state index is 12.5. The van der Waals surface area contributed by atoms with Gasteiger partial charge in [0.15, 0.2) is 0 Å². The Balaban J connectivity index is 2.01. The van der Waals surface area contributed by atoms with Crippen molar-refractivity contribution in [2.24, 2.45) is 11.7 Å². The Bertz CT molecular complexity index is 512. The minimum absolute atomic E-state index is 0.152. The molecule has 1 aromatic heterocycles. The predicted molar refractivity (Wildman–Crippen MR) is 83.8 cm³/mol. The summed E-state index contributed by atoms with van der Waals surface area (Å²) in [7, 11) is 0. The third-order valence-corrected chi connectivity index (χ3v) is 4.72. The van der Waals surface area contributed by atoms with Crippen molar-refractivity contribution in [1.82, 2.24) is 4.90 Å². The van der Waals surface area contributed by atoms with Gasteiger partial charge in [0.2, 0.25) is 0 Å². The maximum Gasteiger partial charge on any atom is 0.254 e. The van der Waals surface area contributed by atoms with Gasteiger partial charge in [-0.25, -0.2) is 0 Å². The van der Waals surface area contributed by atoms with Crippen LogP contribution in [-0.4, -0.2) is 30.4 Å². The summed E-state index contributed by atoms with van der Waals surface area (Å²) in [4.78, 5) is 15.4. The van der Waals surface area contributed by atoms with Crippen LogP contribution in [0.2, 0.25) is 0 Å². The van der Waals surface area contributed by atoms with Gasteiger partial charge in [-0.05, 0) is 31.2 Å². The molecule has 2 N–H and O–H groups in total. The molecule has 0 aromatic carbocycles. The second kappa shape index (κ2) is 7.47. The summed E-state index contributed by atoms with van der Waals surface area (Å²) in [6, 6.07) is 1.89. The largest absolute Gasteiger partial charge is 0.339 e. The number of thiophene rings is 1. The van der Waals surface area contributed by atoms with E-state index in [1.165, 1.54) is 24.2 Å². The van der Waals surface area contributed by atoms with Crippen LogP contribution in [0, 0.1) is 17.8 Å². The normalized spacial score (nSPS) is 19.1. The van der Waals surface area contributed by atoms with Crippen LogP contribution in [0.4, 0.5) is 0 Å². The summed E-state index contributed by atoms with van der Waals surface area (Å²) in [5.74, 6) is 6.74. The molecular weight excluding hydrogens is 268 g/mol. The Hall–Kier alpha value is -1.31. The van der Waals surface area contributed by atoms with E-state index in [4.69, 9.17) is 5.73 Å². The highest BCUT2D eigenvalue weighted by Gasteiger charge is 2.21. The van der Waals surface area contributed by atoms with Crippen molar-refractivity contribution in [3.05, 3.63) is 21.9 Å². The Morgan fingerprint density at radius 3 is 3.10 bits per heavy atom. The van der Waals surface area contributed by atoms with Crippen molar-refractivity contribution in [3.8, 4) is 11.8 Å². The van der Waals surface area contributed by atoms with Gasteiger partial charge in [-0.15, -0.1) is 11.3 Å². The Labute approximate surface area is 125 Å². The summed E-state index contributed by atoms with van der Waals surface area (Å²) >= 11 is 1.52. The molecule has 0 spiro atoms. The second-order valence-electron chi connectivity index (χ2n) is 5.20. The predicted octanol–water partition coefficient (Wildman–Crippen LogP) is 2.71. The van der Waals surface area contributed by atoms with E-state index in [1.54, 1.807) is 0 Å². The van der Waals surface area contributed by atoms with Gasteiger partial charge in [-0.2, -0.15) is 0 Å². The summed E-state index contributed by atoms with van der Waals surface area (Å²) < 4.78 is 0. The van der Waals surface area contributed by atoms with E-state index in [9.17, 15) is 4.79 Å². The van der Waals surface area contributed by atoms with Crippen LogP contribution in [0.25, 0.3) is 0 Å². The van der Waals surface area contributed by atoms with Gasteiger partial charge in [0, 0.05) is 18.5 Å². The molecule has 108 valence electrons. The Kier molecular flexibility index (Phi) is 5.63. The van der Waals surface area contributed by atoms with Crippen molar-refractivity contribution in [2.45, 2.75) is 32.6 Å². The third kappa shape index (κ3) is 3.84. The standard InChI is InChI=1S/C16H22N2OS/c1-2-13-5-4-9-18(10-7-13)16(19)14-11-15(20-12-14)6-3-8-17/h11-13H,2,4-5,7-10,17H2,1H3. The molecule has 0 saturated carbocycles. The van der Waals surface area contributed by atoms with E-state index in [0.717, 1.165) is 42.3 Å².